The Morgan fingerprint density at radius 1 is 1.04 bits per heavy atom. The number of aryl methyl sites for hydroxylation is 1. The molecule has 0 atom stereocenters. The fourth-order valence-electron chi connectivity index (χ4n) is 2.91. The molecule has 0 amide bonds. The van der Waals surface area contributed by atoms with E-state index in [0.717, 1.165) is 17.5 Å². The van der Waals surface area contributed by atoms with Crippen LogP contribution in [0.15, 0.2) is 22.6 Å². The molecule has 2 rings (SSSR count). The Bertz CT molecular complexity index is 565. The van der Waals surface area contributed by atoms with Crippen LogP contribution in [-0.4, -0.2) is 18.1 Å². The molecular weight excluding hydrogens is 286 g/mol. The van der Waals surface area contributed by atoms with Gasteiger partial charge in [0.2, 0.25) is 0 Å². The van der Waals surface area contributed by atoms with Gasteiger partial charge in [-0.25, -0.2) is 0 Å². The molecule has 4 heteroatoms. The van der Waals surface area contributed by atoms with Crippen molar-refractivity contribution >= 4 is 17.1 Å². The quantitative estimate of drug-likeness (QED) is 0.547. The Morgan fingerprint density at radius 3 is 2.52 bits per heavy atom. The highest BCUT2D eigenvalue weighted by Gasteiger charge is 2.09. The average molecular weight is 317 g/mol. The summed E-state index contributed by atoms with van der Waals surface area (Å²) in [6.07, 6.45) is 11.8. The van der Waals surface area contributed by atoms with Gasteiger partial charge in [0.05, 0.1) is 0 Å². The number of aromatic nitrogens is 1. The Morgan fingerprint density at radius 2 is 1.78 bits per heavy atom. The summed E-state index contributed by atoms with van der Waals surface area (Å²) in [7, 11) is 0. The number of hydrogen-bond donors (Lipinski definition) is 2. The molecule has 0 fully saturated rings. The minimum absolute atomic E-state index is 0.573. The molecule has 2 aromatic rings. The van der Waals surface area contributed by atoms with Crippen molar-refractivity contribution in [2.45, 2.75) is 64.7 Å². The second-order valence-corrected chi connectivity index (χ2v) is 6.22. The standard InChI is InChI=1S/C19H31N3O/c1-2-3-4-5-6-7-8-9-11-16-12-10-13-17-18(16)23-19(22-17)21-15-14-20/h10,12-13H,2-9,11,14-15,20H2,1H3,(H,21,22). The van der Waals surface area contributed by atoms with Crippen molar-refractivity contribution in [1.82, 2.24) is 4.98 Å². The van der Waals surface area contributed by atoms with E-state index in [1.54, 1.807) is 0 Å². The normalized spacial score (nSPS) is 11.2. The minimum atomic E-state index is 0.573. The van der Waals surface area contributed by atoms with Crippen LogP contribution in [0.1, 0.15) is 63.9 Å². The largest absolute Gasteiger partial charge is 0.423 e. The maximum Gasteiger partial charge on any atom is 0.295 e. The predicted octanol–water partition coefficient (Wildman–Crippen LogP) is 4.88. The van der Waals surface area contributed by atoms with Gasteiger partial charge in [-0.1, -0.05) is 64.0 Å². The van der Waals surface area contributed by atoms with E-state index >= 15 is 0 Å². The van der Waals surface area contributed by atoms with Crippen LogP contribution in [0.3, 0.4) is 0 Å². The Kier molecular flexibility index (Phi) is 7.95. The van der Waals surface area contributed by atoms with Gasteiger partial charge in [-0.3, -0.25) is 0 Å². The smallest absolute Gasteiger partial charge is 0.295 e. The van der Waals surface area contributed by atoms with E-state index in [1.807, 2.05) is 6.07 Å². The maximum atomic E-state index is 5.85. The number of fused-ring (bicyclic) bond motifs is 1. The van der Waals surface area contributed by atoms with Crippen molar-refractivity contribution in [2.24, 2.45) is 5.73 Å². The lowest BCUT2D eigenvalue weighted by Crippen LogP contribution is -2.13. The predicted molar refractivity (Wildman–Crippen MR) is 97.9 cm³/mol. The number of unbranched alkanes of at least 4 members (excludes halogenated alkanes) is 7. The van der Waals surface area contributed by atoms with Crippen LogP contribution in [0.5, 0.6) is 0 Å². The molecule has 0 unspecified atom stereocenters. The molecule has 23 heavy (non-hydrogen) atoms. The van der Waals surface area contributed by atoms with Crippen molar-refractivity contribution in [3.63, 3.8) is 0 Å². The van der Waals surface area contributed by atoms with Gasteiger partial charge in [-0.15, -0.1) is 0 Å². The molecule has 0 aliphatic carbocycles. The summed E-state index contributed by atoms with van der Waals surface area (Å²) < 4.78 is 5.85. The number of nitrogens with two attached hydrogens (primary N) is 1. The zero-order valence-corrected chi connectivity index (χ0v) is 14.4. The summed E-state index contributed by atoms with van der Waals surface area (Å²) in [5.41, 5.74) is 8.62. The van der Waals surface area contributed by atoms with Gasteiger partial charge in [0.1, 0.15) is 5.52 Å². The van der Waals surface area contributed by atoms with Crippen LogP contribution in [0.2, 0.25) is 0 Å². The molecule has 0 saturated heterocycles. The third-order valence-electron chi connectivity index (χ3n) is 4.22. The Balaban J connectivity index is 1.77. The average Bonchev–Trinajstić information content (AvgIpc) is 2.99. The first kappa shape index (κ1) is 17.8. The number of anilines is 1. The molecular formula is C19H31N3O. The first-order chi connectivity index (χ1) is 11.3. The molecule has 3 N–H and O–H groups in total. The van der Waals surface area contributed by atoms with E-state index < -0.39 is 0 Å². The fourth-order valence-corrected chi connectivity index (χ4v) is 2.91. The van der Waals surface area contributed by atoms with E-state index in [2.05, 4.69) is 29.4 Å². The van der Waals surface area contributed by atoms with Crippen LogP contribution < -0.4 is 11.1 Å². The molecule has 0 spiro atoms. The molecule has 1 aromatic heterocycles. The monoisotopic (exact) mass is 317 g/mol. The number of nitrogens with one attached hydrogen (secondary N) is 1. The Labute approximate surface area is 139 Å². The lowest BCUT2D eigenvalue weighted by Gasteiger charge is -2.03. The third kappa shape index (κ3) is 5.87. The number of rotatable bonds is 12. The number of oxazole rings is 1. The highest BCUT2D eigenvalue weighted by Crippen LogP contribution is 2.24. The van der Waals surface area contributed by atoms with Crippen LogP contribution >= 0.6 is 0 Å². The number of nitrogens with zero attached hydrogens (tertiary/aromatic N) is 1. The van der Waals surface area contributed by atoms with Crippen LogP contribution in [0, 0.1) is 0 Å². The van der Waals surface area contributed by atoms with E-state index in [-0.39, 0.29) is 0 Å². The molecule has 0 aliphatic rings. The van der Waals surface area contributed by atoms with Crippen molar-refractivity contribution in [3.05, 3.63) is 23.8 Å². The van der Waals surface area contributed by atoms with Gasteiger partial charge in [-0.05, 0) is 24.5 Å². The van der Waals surface area contributed by atoms with Crippen LogP contribution in [-0.2, 0) is 6.42 Å². The van der Waals surface area contributed by atoms with Gasteiger partial charge >= 0.3 is 0 Å². The lowest BCUT2D eigenvalue weighted by atomic mass is 10.0. The molecule has 0 bridgehead atoms. The zero-order chi connectivity index (χ0) is 16.3. The maximum absolute atomic E-state index is 5.85. The SMILES string of the molecule is CCCCCCCCCCc1cccc2nc(NCCN)oc12. The van der Waals surface area contributed by atoms with Crippen molar-refractivity contribution in [1.29, 1.82) is 0 Å². The number of benzene rings is 1. The lowest BCUT2D eigenvalue weighted by molar-refractivity contribution is 0.572. The van der Waals surface area contributed by atoms with Gasteiger partial charge < -0.3 is 15.5 Å². The van der Waals surface area contributed by atoms with Gasteiger partial charge in [0.15, 0.2) is 5.58 Å². The fraction of sp³-hybridized carbons (Fsp3) is 0.632. The van der Waals surface area contributed by atoms with E-state index in [4.69, 9.17) is 10.2 Å². The number of hydrogen-bond acceptors (Lipinski definition) is 4. The van der Waals surface area contributed by atoms with Gasteiger partial charge in [0.25, 0.3) is 6.01 Å². The summed E-state index contributed by atoms with van der Waals surface area (Å²) in [4.78, 5) is 4.46. The topological polar surface area (TPSA) is 64.1 Å². The van der Waals surface area contributed by atoms with Crippen molar-refractivity contribution in [2.75, 3.05) is 18.4 Å². The highest BCUT2D eigenvalue weighted by atomic mass is 16.4. The van der Waals surface area contributed by atoms with Crippen molar-refractivity contribution in [3.8, 4) is 0 Å². The first-order valence-electron chi connectivity index (χ1n) is 9.17. The second kappa shape index (κ2) is 10.3. The summed E-state index contributed by atoms with van der Waals surface area (Å²) >= 11 is 0. The van der Waals surface area contributed by atoms with Crippen molar-refractivity contribution < 1.29 is 4.42 Å². The van der Waals surface area contributed by atoms with Crippen LogP contribution in [0.4, 0.5) is 6.01 Å². The molecule has 0 radical (unpaired) electrons. The third-order valence-corrected chi connectivity index (χ3v) is 4.22. The molecule has 1 heterocycles. The molecule has 0 aliphatic heterocycles. The van der Waals surface area contributed by atoms with Crippen LogP contribution in [0.25, 0.3) is 11.1 Å². The Hall–Kier alpha value is -1.55. The first-order valence-corrected chi connectivity index (χ1v) is 9.17. The molecule has 128 valence electrons. The molecule has 0 saturated carbocycles. The zero-order valence-electron chi connectivity index (χ0n) is 14.4. The van der Waals surface area contributed by atoms with E-state index in [9.17, 15) is 0 Å². The highest BCUT2D eigenvalue weighted by molar-refractivity contribution is 5.78. The molecule has 4 nitrogen and oxygen atoms in total. The van der Waals surface area contributed by atoms with E-state index in [1.165, 1.54) is 56.9 Å². The summed E-state index contributed by atoms with van der Waals surface area (Å²) in [6.45, 7) is 3.52. The second-order valence-electron chi connectivity index (χ2n) is 6.22. The summed E-state index contributed by atoms with van der Waals surface area (Å²) in [5, 5.41) is 3.11. The van der Waals surface area contributed by atoms with Gasteiger partial charge in [0, 0.05) is 13.1 Å². The molecule has 1 aromatic carbocycles. The van der Waals surface area contributed by atoms with Gasteiger partial charge in [-0.2, -0.15) is 4.98 Å². The minimum Gasteiger partial charge on any atom is -0.423 e. The summed E-state index contributed by atoms with van der Waals surface area (Å²) in [6, 6.07) is 6.80. The summed E-state index contributed by atoms with van der Waals surface area (Å²) in [5.74, 6) is 0. The number of para-hydroxylation sites is 1. The van der Waals surface area contributed by atoms with E-state index in [0.29, 0.717) is 19.1 Å².